The van der Waals surface area contributed by atoms with Gasteiger partial charge in [0.15, 0.2) is 0 Å². The van der Waals surface area contributed by atoms with Crippen molar-refractivity contribution >= 4 is 41.3 Å². The summed E-state index contributed by atoms with van der Waals surface area (Å²) in [6.45, 7) is 0. The Morgan fingerprint density at radius 3 is 2.27 bits per heavy atom. The second kappa shape index (κ2) is 2.41. The summed E-state index contributed by atoms with van der Waals surface area (Å²) in [4.78, 5) is 3.17. The van der Waals surface area contributed by atoms with Crippen molar-refractivity contribution in [3.63, 3.8) is 0 Å². The molecule has 0 saturated carbocycles. The van der Waals surface area contributed by atoms with Gasteiger partial charge in [-0.3, -0.25) is 0 Å². The van der Waals surface area contributed by atoms with E-state index in [1.165, 1.54) is 18.2 Å². The maximum absolute atomic E-state index is 12.8. The van der Waals surface area contributed by atoms with E-state index < -0.39 is 13.4 Å². The highest BCUT2D eigenvalue weighted by Gasteiger charge is 2.66. The Hall–Kier alpha value is -0.530. The summed E-state index contributed by atoms with van der Waals surface area (Å²) in [6, 6.07) is 5.87. The Labute approximate surface area is 90.6 Å². The third-order valence-electron chi connectivity index (χ3n) is 1.60. The van der Waals surface area contributed by atoms with Crippen LogP contribution in [0.5, 0.6) is 0 Å². The summed E-state index contributed by atoms with van der Waals surface area (Å²) >= 11 is 0.211. The first-order valence-corrected chi connectivity index (χ1v) is 7.35. The lowest BCUT2D eigenvalue weighted by Gasteiger charge is -2.39. The van der Waals surface area contributed by atoms with Crippen LogP contribution < -0.4 is 0 Å². The largest absolute Gasteiger partial charge is 0.276 e. The molecule has 0 saturated heterocycles. The molecule has 0 bridgehead atoms. The van der Waals surface area contributed by atoms with Gasteiger partial charge in [0.05, 0.1) is 10.2 Å². The average Bonchev–Trinajstić information content (AvgIpc) is 2.43. The van der Waals surface area contributed by atoms with Crippen LogP contribution >= 0.6 is 31.1 Å². The number of hydrogen-bond acceptors (Lipinski definition) is 2. The van der Waals surface area contributed by atoms with Crippen molar-refractivity contribution in [3.05, 3.63) is 24.3 Å². The zero-order valence-electron chi connectivity index (χ0n) is 6.96. The van der Waals surface area contributed by atoms with Crippen LogP contribution in [0.15, 0.2) is 28.6 Å². The summed E-state index contributed by atoms with van der Waals surface area (Å²) in [5.74, 6) is 0. The highest BCUT2D eigenvalue weighted by atomic mass is 35.7. The number of rotatable bonds is 1. The molecule has 2 rings (SSSR count). The molecule has 0 amide bonds. The maximum atomic E-state index is 12.8. The minimum Gasteiger partial charge on any atom is -0.223 e. The molecule has 0 atom stereocenters. The summed E-state index contributed by atoms with van der Waals surface area (Å²) in [5.41, 5.74) is 0.0914. The molecule has 1 heterocycles. The van der Waals surface area contributed by atoms with E-state index in [4.69, 9.17) is 0 Å². The molecule has 0 N–H and O–H groups in total. The van der Waals surface area contributed by atoms with Gasteiger partial charge < -0.3 is 0 Å². The van der Waals surface area contributed by atoms with Gasteiger partial charge in [-0.15, -0.1) is 26.9 Å². The van der Waals surface area contributed by atoms with Crippen LogP contribution in [0.3, 0.4) is 0 Å². The topological polar surface area (TPSA) is 12.9 Å². The second-order valence-electron chi connectivity index (χ2n) is 2.92. The van der Waals surface area contributed by atoms with Crippen LogP contribution in [0.1, 0.15) is 0 Å². The number of hydrogen-bond donors (Lipinski definition) is 0. The zero-order valence-corrected chi connectivity index (χ0v) is 9.35. The number of benzene rings is 1. The molecule has 2 aromatic rings. The molecule has 0 unspecified atom stereocenters. The van der Waals surface area contributed by atoms with Gasteiger partial charge in [0, 0.05) is 10.7 Å². The fourth-order valence-electron chi connectivity index (χ4n) is 1.02. The van der Waals surface area contributed by atoms with Crippen LogP contribution in [0.2, 0.25) is 0 Å². The van der Waals surface area contributed by atoms with Crippen molar-refractivity contribution in [2.24, 2.45) is 0 Å². The number of halogens is 5. The normalized spacial score (nSPS) is 17.4. The van der Waals surface area contributed by atoms with Crippen LogP contribution in [-0.2, 0) is 0 Å². The number of thiazole rings is 1. The third-order valence-corrected chi connectivity index (χ3v) is 5.16. The second-order valence-corrected chi connectivity index (χ2v) is 8.39. The molecule has 1 aromatic carbocycles. The molecular formula is C7H4ClF4NS2. The molecule has 84 valence electrons. The maximum Gasteiger partial charge on any atom is 0.276 e. The Morgan fingerprint density at radius 1 is 1.13 bits per heavy atom. The van der Waals surface area contributed by atoms with Crippen molar-refractivity contribution in [1.82, 2.24) is 4.98 Å². The summed E-state index contributed by atoms with van der Waals surface area (Å²) in [5, 5.41) is 0. The Balaban J connectivity index is 2.76. The van der Waals surface area contributed by atoms with Crippen molar-refractivity contribution in [3.8, 4) is 0 Å². The van der Waals surface area contributed by atoms with Gasteiger partial charge in [-0.2, -0.15) is 0 Å². The van der Waals surface area contributed by atoms with Crippen LogP contribution in [-0.4, -0.2) is 4.98 Å². The van der Waals surface area contributed by atoms with Crippen LogP contribution in [0.4, 0.5) is 15.5 Å². The lowest BCUT2D eigenvalue weighted by atomic mass is 10.3. The smallest absolute Gasteiger partial charge is 0.223 e. The summed E-state index contributed by atoms with van der Waals surface area (Å²) in [6.07, 6.45) is 0. The summed E-state index contributed by atoms with van der Waals surface area (Å²) in [7, 11) is -4.50. The molecule has 0 aliphatic heterocycles. The Kier molecular flexibility index (Phi) is 1.76. The molecule has 0 aliphatic carbocycles. The van der Waals surface area contributed by atoms with Crippen molar-refractivity contribution in [1.29, 1.82) is 0 Å². The van der Waals surface area contributed by atoms with Gasteiger partial charge >= 0.3 is 0 Å². The molecule has 0 spiro atoms. The van der Waals surface area contributed by atoms with Crippen molar-refractivity contribution in [2.45, 2.75) is 4.34 Å². The predicted molar refractivity (Wildman–Crippen MR) is 55.8 cm³/mol. The lowest BCUT2D eigenvalue weighted by molar-refractivity contribution is 0.479. The van der Waals surface area contributed by atoms with Gasteiger partial charge in [-0.25, -0.2) is 4.98 Å². The highest BCUT2D eigenvalue weighted by molar-refractivity contribution is 8.66. The van der Waals surface area contributed by atoms with Crippen LogP contribution in [0.25, 0.3) is 10.2 Å². The monoisotopic (exact) mass is 277 g/mol. The van der Waals surface area contributed by atoms with E-state index in [2.05, 4.69) is 15.7 Å². The quantitative estimate of drug-likeness (QED) is 0.651. The molecule has 0 fully saturated rings. The molecule has 0 radical (unpaired) electrons. The first-order valence-electron chi connectivity index (χ1n) is 3.66. The number of para-hydroxylation sites is 1. The van der Waals surface area contributed by atoms with E-state index in [-0.39, 0.29) is 21.6 Å². The van der Waals surface area contributed by atoms with Gasteiger partial charge in [-0.1, -0.05) is 12.1 Å². The first-order chi connectivity index (χ1) is 6.56. The Morgan fingerprint density at radius 2 is 1.73 bits per heavy atom. The standard InChI is InChI=1S/C7H4ClF4NS2/c8-15(9,10,11,12)7-13-5-3-1-2-4-6(5)14-7/h1-4H. The molecule has 1 nitrogen and oxygen atoms in total. The highest BCUT2D eigenvalue weighted by Crippen LogP contribution is 3.04. The molecule has 1 aromatic heterocycles. The number of aromatic nitrogens is 1. The molecule has 15 heavy (non-hydrogen) atoms. The van der Waals surface area contributed by atoms with E-state index in [0.29, 0.717) is 0 Å². The van der Waals surface area contributed by atoms with Crippen molar-refractivity contribution in [2.75, 3.05) is 0 Å². The van der Waals surface area contributed by atoms with Gasteiger partial charge in [0.2, 0.25) is 4.34 Å². The lowest BCUT2D eigenvalue weighted by Crippen LogP contribution is -2.03. The van der Waals surface area contributed by atoms with Gasteiger partial charge in [0.25, 0.3) is 9.05 Å². The van der Waals surface area contributed by atoms with Crippen molar-refractivity contribution < 1.29 is 15.5 Å². The molecule has 0 aliphatic rings. The zero-order chi connectivity index (χ0) is 11.4. The van der Waals surface area contributed by atoms with E-state index in [1.54, 1.807) is 6.07 Å². The fourth-order valence-corrected chi connectivity index (χ4v) is 3.27. The minimum absolute atomic E-state index is 0.0914. The third kappa shape index (κ3) is 2.19. The summed E-state index contributed by atoms with van der Waals surface area (Å²) < 4.78 is 49.7. The van der Waals surface area contributed by atoms with Gasteiger partial charge in [0.1, 0.15) is 0 Å². The van der Waals surface area contributed by atoms with Gasteiger partial charge in [-0.05, 0) is 12.1 Å². The fraction of sp³-hybridized carbons (Fsp3) is 0. The van der Waals surface area contributed by atoms with E-state index in [1.807, 2.05) is 0 Å². The minimum atomic E-state index is -8.64. The SMILES string of the molecule is FS(F)(F)(F)(Cl)c1nc2ccccc2s1. The van der Waals surface area contributed by atoms with E-state index in [0.717, 1.165) is 0 Å². The first kappa shape index (κ1) is 11.0. The Bertz CT molecular complexity index is 499. The van der Waals surface area contributed by atoms with E-state index in [9.17, 15) is 15.5 Å². The predicted octanol–water partition coefficient (Wildman–Crippen LogP) is 5.22. The number of fused-ring (bicyclic) bond motifs is 1. The van der Waals surface area contributed by atoms with E-state index >= 15 is 0 Å². The average molecular weight is 278 g/mol. The molecular weight excluding hydrogens is 274 g/mol. The molecule has 8 heteroatoms. The number of nitrogens with zero attached hydrogens (tertiary/aromatic N) is 1. The van der Waals surface area contributed by atoms with Crippen LogP contribution in [0, 0.1) is 0 Å².